The Labute approximate surface area is 152 Å². The van der Waals surface area contributed by atoms with E-state index in [2.05, 4.69) is 45.7 Å². The molecule has 2 heterocycles. The molecule has 0 fully saturated rings. The number of pyridine rings is 1. The summed E-state index contributed by atoms with van der Waals surface area (Å²) >= 11 is 1.67. The van der Waals surface area contributed by atoms with Crippen LogP contribution in [0.4, 0.5) is 0 Å². The van der Waals surface area contributed by atoms with Crippen LogP contribution in [0.5, 0.6) is 5.75 Å². The monoisotopic (exact) mass is 354 g/mol. The third kappa shape index (κ3) is 4.60. The van der Waals surface area contributed by atoms with Crippen LogP contribution in [0, 0.1) is 6.92 Å². The van der Waals surface area contributed by atoms with Crippen molar-refractivity contribution in [2.75, 3.05) is 12.4 Å². The van der Waals surface area contributed by atoms with Gasteiger partial charge in [-0.25, -0.2) is 0 Å². The topological polar surface area (TPSA) is 52.8 Å². The first-order valence-corrected chi connectivity index (χ1v) is 9.42. The standard InChI is InChI=1S/C19H22N4OS/c1-3-12-23-18(16-8-10-20-11-9-16)21-22-19(23)25-14-13-24-17-6-4-15(2)5-7-17/h4-11H,3,12-14H2,1-2H3. The van der Waals surface area contributed by atoms with E-state index in [0.29, 0.717) is 6.61 Å². The molecule has 0 aliphatic heterocycles. The van der Waals surface area contributed by atoms with Crippen molar-refractivity contribution in [3.8, 4) is 17.1 Å². The lowest BCUT2D eigenvalue weighted by atomic mass is 10.2. The second-order valence-corrected chi connectivity index (χ2v) is 6.77. The molecular formula is C19H22N4OS. The molecule has 3 rings (SSSR count). The van der Waals surface area contributed by atoms with Crippen molar-refractivity contribution in [2.24, 2.45) is 0 Å². The van der Waals surface area contributed by atoms with E-state index in [1.165, 1.54) is 5.56 Å². The molecule has 3 aromatic rings. The van der Waals surface area contributed by atoms with Gasteiger partial charge in [-0.3, -0.25) is 4.98 Å². The van der Waals surface area contributed by atoms with E-state index in [4.69, 9.17) is 4.74 Å². The summed E-state index contributed by atoms with van der Waals surface area (Å²) in [6.45, 7) is 5.76. The first kappa shape index (κ1) is 17.5. The fraction of sp³-hybridized carbons (Fsp3) is 0.316. The molecule has 0 saturated carbocycles. The fourth-order valence-electron chi connectivity index (χ4n) is 2.46. The van der Waals surface area contributed by atoms with Gasteiger partial charge in [0.2, 0.25) is 0 Å². The van der Waals surface area contributed by atoms with Gasteiger partial charge in [-0.1, -0.05) is 36.4 Å². The third-order valence-electron chi connectivity index (χ3n) is 3.71. The summed E-state index contributed by atoms with van der Waals surface area (Å²) in [5, 5.41) is 9.67. The van der Waals surface area contributed by atoms with Crippen LogP contribution < -0.4 is 4.74 Å². The summed E-state index contributed by atoms with van der Waals surface area (Å²) in [4.78, 5) is 4.07. The van der Waals surface area contributed by atoms with E-state index in [-0.39, 0.29) is 0 Å². The maximum absolute atomic E-state index is 5.79. The molecule has 25 heavy (non-hydrogen) atoms. The zero-order chi connectivity index (χ0) is 17.5. The Morgan fingerprint density at radius 2 is 1.80 bits per heavy atom. The number of rotatable bonds is 8. The molecule has 2 aromatic heterocycles. The highest BCUT2D eigenvalue weighted by atomic mass is 32.2. The average molecular weight is 354 g/mol. The van der Waals surface area contributed by atoms with Crippen LogP contribution in [0.25, 0.3) is 11.4 Å². The van der Waals surface area contributed by atoms with Crippen LogP contribution in [-0.2, 0) is 6.54 Å². The van der Waals surface area contributed by atoms with E-state index < -0.39 is 0 Å². The minimum atomic E-state index is 0.636. The smallest absolute Gasteiger partial charge is 0.191 e. The quantitative estimate of drug-likeness (QED) is 0.447. The summed E-state index contributed by atoms with van der Waals surface area (Å²) in [5.74, 6) is 2.62. The highest BCUT2D eigenvalue weighted by Crippen LogP contribution is 2.24. The first-order valence-electron chi connectivity index (χ1n) is 8.44. The molecule has 0 saturated heterocycles. The molecule has 0 atom stereocenters. The third-order valence-corrected chi connectivity index (χ3v) is 4.64. The minimum absolute atomic E-state index is 0.636. The van der Waals surface area contributed by atoms with Gasteiger partial charge >= 0.3 is 0 Å². The Morgan fingerprint density at radius 3 is 2.52 bits per heavy atom. The second kappa shape index (κ2) is 8.67. The van der Waals surface area contributed by atoms with Crippen molar-refractivity contribution in [3.63, 3.8) is 0 Å². The Kier molecular flexibility index (Phi) is 6.06. The fourth-order valence-corrected chi connectivity index (χ4v) is 3.24. The average Bonchev–Trinajstić information content (AvgIpc) is 3.04. The van der Waals surface area contributed by atoms with E-state index in [1.54, 1.807) is 24.2 Å². The lowest BCUT2D eigenvalue weighted by Crippen LogP contribution is -2.04. The van der Waals surface area contributed by atoms with Crippen LogP contribution in [0.1, 0.15) is 18.9 Å². The molecule has 5 nitrogen and oxygen atoms in total. The van der Waals surface area contributed by atoms with Crippen molar-refractivity contribution in [2.45, 2.75) is 32.0 Å². The molecule has 0 N–H and O–H groups in total. The van der Waals surface area contributed by atoms with Crippen LogP contribution in [-0.4, -0.2) is 32.1 Å². The zero-order valence-corrected chi connectivity index (χ0v) is 15.4. The van der Waals surface area contributed by atoms with E-state index in [0.717, 1.165) is 41.0 Å². The molecule has 0 spiro atoms. The van der Waals surface area contributed by atoms with Gasteiger partial charge in [0.1, 0.15) is 5.75 Å². The van der Waals surface area contributed by atoms with E-state index >= 15 is 0 Å². The molecule has 130 valence electrons. The molecule has 0 amide bonds. The number of aromatic nitrogens is 4. The second-order valence-electron chi connectivity index (χ2n) is 5.70. The molecule has 0 bridgehead atoms. The molecule has 6 heteroatoms. The highest BCUT2D eigenvalue weighted by molar-refractivity contribution is 7.99. The number of ether oxygens (including phenoxy) is 1. The Balaban J connectivity index is 1.62. The number of aryl methyl sites for hydroxylation is 1. The van der Waals surface area contributed by atoms with Crippen LogP contribution in [0.3, 0.4) is 0 Å². The first-order chi connectivity index (χ1) is 12.3. The van der Waals surface area contributed by atoms with Crippen molar-refractivity contribution < 1.29 is 4.74 Å². The predicted octanol–water partition coefficient (Wildman–Crippen LogP) is 4.23. The summed E-state index contributed by atoms with van der Waals surface area (Å²) < 4.78 is 7.96. The van der Waals surface area contributed by atoms with Crippen molar-refractivity contribution in [1.82, 2.24) is 19.7 Å². The Hall–Kier alpha value is -2.34. The van der Waals surface area contributed by atoms with E-state index in [1.807, 2.05) is 24.3 Å². The maximum Gasteiger partial charge on any atom is 0.191 e. The summed E-state index contributed by atoms with van der Waals surface area (Å²) in [7, 11) is 0. The number of hydrogen-bond acceptors (Lipinski definition) is 5. The molecule has 0 unspecified atom stereocenters. The van der Waals surface area contributed by atoms with Crippen LogP contribution in [0.2, 0.25) is 0 Å². The molecule has 0 radical (unpaired) electrons. The lowest BCUT2D eigenvalue weighted by molar-refractivity contribution is 0.343. The molecule has 0 aliphatic carbocycles. The minimum Gasteiger partial charge on any atom is -0.493 e. The van der Waals surface area contributed by atoms with Gasteiger partial charge in [0.05, 0.1) is 6.61 Å². The normalized spacial score (nSPS) is 10.8. The van der Waals surface area contributed by atoms with Crippen molar-refractivity contribution in [1.29, 1.82) is 0 Å². The van der Waals surface area contributed by atoms with Crippen LogP contribution in [0.15, 0.2) is 53.9 Å². The van der Waals surface area contributed by atoms with Crippen LogP contribution >= 0.6 is 11.8 Å². The van der Waals surface area contributed by atoms with Crippen molar-refractivity contribution in [3.05, 3.63) is 54.4 Å². The predicted molar refractivity (Wildman–Crippen MR) is 101 cm³/mol. The van der Waals surface area contributed by atoms with Gasteiger partial charge in [0.15, 0.2) is 11.0 Å². The summed E-state index contributed by atoms with van der Waals surface area (Å²) in [5.41, 5.74) is 2.27. The Bertz CT molecular complexity index is 787. The number of hydrogen-bond donors (Lipinski definition) is 0. The van der Waals surface area contributed by atoms with Gasteiger partial charge in [-0.15, -0.1) is 10.2 Å². The van der Waals surface area contributed by atoms with Gasteiger partial charge in [0.25, 0.3) is 0 Å². The van der Waals surface area contributed by atoms with Crippen molar-refractivity contribution >= 4 is 11.8 Å². The summed E-state index contributed by atoms with van der Waals surface area (Å²) in [6, 6.07) is 12.0. The van der Waals surface area contributed by atoms with Gasteiger partial charge < -0.3 is 9.30 Å². The van der Waals surface area contributed by atoms with Gasteiger partial charge in [-0.2, -0.15) is 0 Å². The highest BCUT2D eigenvalue weighted by Gasteiger charge is 2.13. The molecule has 1 aromatic carbocycles. The van der Waals surface area contributed by atoms with Gasteiger partial charge in [-0.05, 0) is 37.6 Å². The largest absolute Gasteiger partial charge is 0.493 e. The maximum atomic E-state index is 5.79. The lowest BCUT2D eigenvalue weighted by Gasteiger charge is -2.09. The number of nitrogens with zero attached hydrogens (tertiary/aromatic N) is 4. The SMILES string of the molecule is CCCn1c(SCCOc2ccc(C)cc2)nnc1-c1ccncc1. The van der Waals surface area contributed by atoms with E-state index in [9.17, 15) is 0 Å². The van der Waals surface area contributed by atoms with Gasteiger partial charge in [0, 0.05) is 30.3 Å². The zero-order valence-electron chi connectivity index (χ0n) is 14.6. The molecule has 0 aliphatic rings. The number of benzene rings is 1. The summed E-state index contributed by atoms with van der Waals surface area (Å²) in [6.07, 6.45) is 4.59. The Morgan fingerprint density at radius 1 is 1.04 bits per heavy atom. The number of thioether (sulfide) groups is 1. The molecular weight excluding hydrogens is 332 g/mol.